The van der Waals surface area contributed by atoms with E-state index in [1.54, 1.807) is 44.5 Å². The summed E-state index contributed by atoms with van der Waals surface area (Å²) in [5, 5.41) is 16.1. The van der Waals surface area contributed by atoms with Crippen molar-refractivity contribution in [3.05, 3.63) is 95.5 Å². The van der Waals surface area contributed by atoms with Crippen molar-refractivity contribution in [2.24, 2.45) is 0 Å². The SMILES string of the molecule is CCC(=O)Nc1ccc(N2C(=S)N[C@H](c3ccccn3)[C@H]2c2ccc(-c3ccc(C(=O)O)cc3C)o2)cc1OC. The van der Waals surface area contributed by atoms with Gasteiger partial charge in [0, 0.05) is 29.9 Å². The number of anilines is 2. The zero-order valence-corrected chi connectivity index (χ0v) is 23.0. The van der Waals surface area contributed by atoms with Crippen molar-refractivity contribution in [1.82, 2.24) is 10.3 Å². The number of carboxylic acid groups (broad SMARTS) is 1. The van der Waals surface area contributed by atoms with Gasteiger partial charge < -0.3 is 29.8 Å². The number of pyridine rings is 1. The molecule has 9 nitrogen and oxygen atoms in total. The molecule has 4 aromatic rings. The molecular formula is C30H28N4O5S. The Labute approximate surface area is 236 Å². The van der Waals surface area contributed by atoms with Crippen LogP contribution in [0.5, 0.6) is 5.75 Å². The molecule has 5 rings (SSSR count). The van der Waals surface area contributed by atoms with Gasteiger partial charge in [-0.25, -0.2) is 4.79 Å². The van der Waals surface area contributed by atoms with Crippen LogP contribution in [0.3, 0.4) is 0 Å². The number of thiocarbonyl (C=S) groups is 1. The molecule has 2 aromatic heterocycles. The van der Waals surface area contributed by atoms with E-state index in [9.17, 15) is 14.7 Å². The lowest BCUT2D eigenvalue weighted by atomic mass is 10.0. The van der Waals surface area contributed by atoms with Crippen molar-refractivity contribution >= 4 is 40.6 Å². The van der Waals surface area contributed by atoms with Crippen LogP contribution < -0.4 is 20.3 Å². The van der Waals surface area contributed by atoms with Crippen LogP contribution in [0.2, 0.25) is 0 Å². The van der Waals surface area contributed by atoms with Crippen molar-refractivity contribution in [2.45, 2.75) is 32.4 Å². The lowest BCUT2D eigenvalue weighted by Crippen LogP contribution is -2.29. The number of hydrogen-bond donors (Lipinski definition) is 3. The molecule has 0 aliphatic carbocycles. The number of benzene rings is 2. The molecule has 0 bridgehead atoms. The Morgan fingerprint density at radius 1 is 1.15 bits per heavy atom. The van der Waals surface area contributed by atoms with Crippen molar-refractivity contribution in [3.8, 4) is 17.1 Å². The fraction of sp³-hybridized carbons (Fsp3) is 0.200. The number of nitrogens with one attached hydrogen (secondary N) is 2. The Hall–Kier alpha value is -4.70. The number of methoxy groups -OCH3 is 1. The smallest absolute Gasteiger partial charge is 0.335 e. The van der Waals surface area contributed by atoms with Gasteiger partial charge in [-0.15, -0.1) is 0 Å². The highest BCUT2D eigenvalue weighted by Gasteiger charge is 2.43. The molecule has 3 heterocycles. The summed E-state index contributed by atoms with van der Waals surface area (Å²) in [4.78, 5) is 29.9. The van der Waals surface area contributed by atoms with Crippen molar-refractivity contribution in [1.29, 1.82) is 0 Å². The van der Waals surface area contributed by atoms with Crippen LogP contribution >= 0.6 is 12.2 Å². The molecule has 204 valence electrons. The lowest BCUT2D eigenvalue weighted by molar-refractivity contribution is -0.115. The average Bonchev–Trinajstić information content (AvgIpc) is 3.58. The number of hydrogen-bond acceptors (Lipinski definition) is 6. The minimum Gasteiger partial charge on any atom is -0.494 e. The zero-order valence-electron chi connectivity index (χ0n) is 22.2. The molecule has 10 heteroatoms. The number of aryl methyl sites for hydroxylation is 1. The fourth-order valence-electron chi connectivity index (χ4n) is 4.82. The van der Waals surface area contributed by atoms with Crippen LogP contribution in [0, 0.1) is 6.92 Å². The molecule has 2 aromatic carbocycles. The van der Waals surface area contributed by atoms with Gasteiger partial charge in [-0.2, -0.15) is 0 Å². The maximum atomic E-state index is 12.0. The highest BCUT2D eigenvalue weighted by molar-refractivity contribution is 7.80. The number of amides is 1. The maximum absolute atomic E-state index is 12.0. The van der Waals surface area contributed by atoms with Crippen molar-refractivity contribution < 1.29 is 23.8 Å². The first-order valence-corrected chi connectivity index (χ1v) is 13.1. The van der Waals surface area contributed by atoms with Crippen LogP contribution in [0.1, 0.15) is 52.8 Å². The first-order valence-electron chi connectivity index (χ1n) is 12.7. The van der Waals surface area contributed by atoms with Gasteiger partial charge >= 0.3 is 5.97 Å². The molecule has 3 N–H and O–H groups in total. The monoisotopic (exact) mass is 556 g/mol. The first kappa shape index (κ1) is 26.9. The molecule has 1 amide bonds. The summed E-state index contributed by atoms with van der Waals surface area (Å²) in [6.45, 7) is 3.64. The number of rotatable bonds is 8. The summed E-state index contributed by atoms with van der Waals surface area (Å²) in [5.74, 6) is 0.646. The van der Waals surface area contributed by atoms with E-state index in [2.05, 4.69) is 15.6 Å². The highest BCUT2D eigenvalue weighted by atomic mass is 32.1. The Morgan fingerprint density at radius 3 is 2.65 bits per heavy atom. The Kier molecular flexibility index (Phi) is 7.52. The third-order valence-electron chi connectivity index (χ3n) is 6.81. The summed E-state index contributed by atoms with van der Waals surface area (Å²) in [6.07, 6.45) is 2.08. The minimum atomic E-state index is -0.982. The minimum absolute atomic E-state index is 0.118. The topological polar surface area (TPSA) is 117 Å². The number of carbonyl (C=O) groups excluding carboxylic acids is 1. The first-order chi connectivity index (χ1) is 19.3. The predicted molar refractivity (Wildman–Crippen MR) is 156 cm³/mol. The van der Waals surface area contributed by atoms with Gasteiger partial charge in [0.05, 0.1) is 30.1 Å². The van der Waals surface area contributed by atoms with E-state index in [1.165, 1.54) is 0 Å². The van der Waals surface area contributed by atoms with Crippen molar-refractivity contribution in [3.63, 3.8) is 0 Å². The van der Waals surface area contributed by atoms with Crippen LogP contribution in [0.25, 0.3) is 11.3 Å². The number of aromatic carboxylic acids is 1. The van der Waals surface area contributed by atoms with Gasteiger partial charge in [0.1, 0.15) is 23.3 Å². The van der Waals surface area contributed by atoms with Gasteiger partial charge in [0.2, 0.25) is 5.91 Å². The van der Waals surface area contributed by atoms with Crippen LogP contribution in [0.4, 0.5) is 11.4 Å². The summed E-state index contributed by atoms with van der Waals surface area (Å²) in [7, 11) is 1.55. The van der Waals surface area contributed by atoms with Gasteiger partial charge in [-0.1, -0.05) is 19.1 Å². The standard InChI is InChI=1S/C30H28N4O5S/c1-4-26(35)32-21-11-9-19(16-25(21)38-3)34-28(27(33-30(34)40)22-7-5-6-14-31-22)24-13-12-23(39-24)20-10-8-18(29(36)37)15-17(20)2/h5-16,27-28H,4H2,1-3H3,(H,32,35)(H,33,40)(H,36,37)/t27-,28-/m1/s1. The number of ether oxygens (including phenoxy) is 1. The Morgan fingerprint density at radius 2 is 1.98 bits per heavy atom. The molecule has 1 aliphatic heterocycles. The van der Waals surface area contributed by atoms with Gasteiger partial charge in [-0.05, 0) is 73.2 Å². The number of carboxylic acids is 1. The molecule has 40 heavy (non-hydrogen) atoms. The summed E-state index contributed by atoms with van der Waals surface area (Å²) < 4.78 is 12.0. The van der Waals surface area contributed by atoms with Gasteiger partial charge in [-0.3, -0.25) is 9.78 Å². The van der Waals surface area contributed by atoms with E-state index in [1.807, 2.05) is 54.3 Å². The molecule has 1 saturated heterocycles. The fourth-order valence-corrected chi connectivity index (χ4v) is 5.17. The largest absolute Gasteiger partial charge is 0.494 e. The van der Waals surface area contributed by atoms with Gasteiger partial charge in [0.25, 0.3) is 0 Å². The predicted octanol–water partition coefficient (Wildman–Crippen LogP) is 5.88. The Bertz CT molecular complexity index is 1590. The highest BCUT2D eigenvalue weighted by Crippen LogP contribution is 2.44. The third kappa shape index (κ3) is 5.13. The third-order valence-corrected chi connectivity index (χ3v) is 7.13. The molecule has 0 spiro atoms. The van der Waals surface area contributed by atoms with Crippen LogP contribution in [-0.2, 0) is 4.79 Å². The summed E-state index contributed by atoms with van der Waals surface area (Å²) >= 11 is 5.82. The van der Waals surface area contributed by atoms with E-state index in [0.717, 1.165) is 22.5 Å². The molecule has 1 aliphatic rings. The van der Waals surface area contributed by atoms with E-state index >= 15 is 0 Å². The second kappa shape index (κ2) is 11.2. The molecule has 0 radical (unpaired) electrons. The number of nitrogens with zero attached hydrogens (tertiary/aromatic N) is 2. The van der Waals surface area contributed by atoms with E-state index in [0.29, 0.717) is 34.5 Å². The molecule has 0 unspecified atom stereocenters. The number of aromatic nitrogens is 1. The summed E-state index contributed by atoms with van der Waals surface area (Å²) in [5.41, 5.74) is 3.89. The molecular weight excluding hydrogens is 528 g/mol. The maximum Gasteiger partial charge on any atom is 0.335 e. The van der Waals surface area contributed by atoms with E-state index < -0.39 is 12.0 Å². The second-order valence-corrected chi connectivity index (χ2v) is 9.71. The summed E-state index contributed by atoms with van der Waals surface area (Å²) in [6, 6.07) is 19.2. The molecule has 1 fully saturated rings. The Balaban J connectivity index is 1.57. The quantitative estimate of drug-likeness (QED) is 0.229. The van der Waals surface area contributed by atoms with Gasteiger partial charge in [0.15, 0.2) is 5.11 Å². The van der Waals surface area contributed by atoms with Crippen LogP contribution in [0.15, 0.2) is 77.3 Å². The van der Waals surface area contributed by atoms with Crippen molar-refractivity contribution in [2.75, 3.05) is 17.3 Å². The van der Waals surface area contributed by atoms with Crippen LogP contribution in [-0.4, -0.2) is 34.2 Å². The average molecular weight is 557 g/mol. The molecule has 0 saturated carbocycles. The van der Waals surface area contributed by atoms with E-state index in [4.69, 9.17) is 21.4 Å². The normalized spacial score (nSPS) is 16.5. The number of furan rings is 1. The molecule has 2 atom stereocenters. The lowest BCUT2D eigenvalue weighted by Gasteiger charge is -2.27. The zero-order chi connectivity index (χ0) is 28.4. The number of carbonyl (C=O) groups is 2. The van der Waals surface area contributed by atoms with E-state index in [-0.39, 0.29) is 17.5 Å². The second-order valence-electron chi connectivity index (χ2n) is 9.32.